The van der Waals surface area contributed by atoms with E-state index in [1.54, 1.807) is 0 Å². The van der Waals surface area contributed by atoms with Crippen LogP contribution in [-0.2, 0) is 4.79 Å². The molecule has 0 radical (unpaired) electrons. The number of rotatable bonds is 8. The highest BCUT2D eigenvalue weighted by molar-refractivity contribution is 5.73. The number of aliphatic carboxylic acids is 1. The molecule has 1 fully saturated rings. The molecule has 0 aliphatic heterocycles. The van der Waals surface area contributed by atoms with Crippen molar-refractivity contribution in [1.29, 1.82) is 0 Å². The van der Waals surface area contributed by atoms with Crippen LogP contribution < -0.4 is 5.32 Å². The Kier molecular flexibility index (Phi) is 6.80. The van der Waals surface area contributed by atoms with Crippen molar-refractivity contribution in [2.45, 2.75) is 71.5 Å². The van der Waals surface area contributed by atoms with E-state index >= 15 is 0 Å². The molecule has 0 spiro atoms. The fourth-order valence-corrected chi connectivity index (χ4v) is 2.95. The number of carbonyl (C=O) groups is 1. The average molecular weight is 270 g/mol. The minimum atomic E-state index is -0.736. The largest absolute Gasteiger partial charge is 0.480 e. The molecule has 0 saturated heterocycles. The number of carboxylic acid groups (broad SMARTS) is 1. The third kappa shape index (κ3) is 5.91. The van der Waals surface area contributed by atoms with Gasteiger partial charge in [-0.2, -0.15) is 0 Å². The summed E-state index contributed by atoms with van der Waals surface area (Å²) in [6.45, 7) is 10.0. The standard InChI is InChI=1S/C15H30N2O2/c1-11(2)9-17(13-7-5-6-8-13)10-14(15(18)19)16-12(3)4/h11-14,16H,5-10H2,1-4H3,(H,18,19). The third-order valence-electron chi connectivity index (χ3n) is 3.69. The molecule has 1 rings (SSSR count). The number of nitrogens with one attached hydrogen (secondary N) is 1. The first-order valence-corrected chi connectivity index (χ1v) is 7.63. The summed E-state index contributed by atoms with van der Waals surface area (Å²) in [7, 11) is 0. The van der Waals surface area contributed by atoms with Gasteiger partial charge in [0.25, 0.3) is 0 Å². The van der Waals surface area contributed by atoms with E-state index in [0.717, 1.165) is 6.54 Å². The Bertz CT molecular complexity index is 273. The van der Waals surface area contributed by atoms with Gasteiger partial charge in [0, 0.05) is 25.2 Å². The van der Waals surface area contributed by atoms with Gasteiger partial charge in [-0.1, -0.05) is 40.5 Å². The molecule has 1 aliphatic rings. The van der Waals surface area contributed by atoms with Crippen LogP contribution in [0.1, 0.15) is 53.4 Å². The van der Waals surface area contributed by atoms with Gasteiger partial charge in [0.15, 0.2) is 0 Å². The maximum Gasteiger partial charge on any atom is 0.322 e. The molecule has 4 nitrogen and oxygen atoms in total. The van der Waals surface area contributed by atoms with E-state index in [1.807, 2.05) is 13.8 Å². The molecule has 0 aromatic heterocycles. The van der Waals surface area contributed by atoms with Crippen molar-refractivity contribution in [3.8, 4) is 0 Å². The van der Waals surface area contributed by atoms with Gasteiger partial charge < -0.3 is 10.4 Å². The molecule has 4 heteroatoms. The first-order valence-electron chi connectivity index (χ1n) is 7.63. The van der Waals surface area contributed by atoms with Crippen LogP contribution in [0.5, 0.6) is 0 Å². The molecule has 19 heavy (non-hydrogen) atoms. The Labute approximate surface area is 117 Å². The van der Waals surface area contributed by atoms with E-state index in [9.17, 15) is 9.90 Å². The third-order valence-corrected chi connectivity index (χ3v) is 3.69. The summed E-state index contributed by atoms with van der Waals surface area (Å²) in [6, 6.07) is 0.322. The summed E-state index contributed by atoms with van der Waals surface area (Å²) in [5, 5.41) is 12.5. The highest BCUT2D eigenvalue weighted by atomic mass is 16.4. The molecule has 0 amide bonds. The lowest BCUT2D eigenvalue weighted by Crippen LogP contribution is -2.51. The maximum absolute atomic E-state index is 11.4. The Morgan fingerprint density at radius 3 is 2.21 bits per heavy atom. The van der Waals surface area contributed by atoms with Crippen molar-refractivity contribution >= 4 is 5.97 Å². The van der Waals surface area contributed by atoms with Crippen LogP contribution in [0, 0.1) is 5.92 Å². The van der Waals surface area contributed by atoms with Crippen LogP contribution in [0.15, 0.2) is 0 Å². The topological polar surface area (TPSA) is 52.6 Å². The summed E-state index contributed by atoms with van der Waals surface area (Å²) < 4.78 is 0. The highest BCUT2D eigenvalue weighted by Gasteiger charge is 2.28. The molecule has 1 saturated carbocycles. The predicted molar refractivity (Wildman–Crippen MR) is 78.4 cm³/mol. The van der Waals surface area contributed by atoms with E-state index in [0.29, 0.717) is 18.5 Å². The van der Waals surface area contributed by atoms with Gasteiger partial charge in [0.05, 0.1) is 0 Å². The Hall–Kier alpha value is -0.610. The first-order chi connectivity index (χ1) is 8.90. The van der Waals surface area contributed by atoms with E-state index in [1.165, 1.54) is 25.7 Å². The normalized spacial score (nSPS) is 18.7. The second-order valence-corrected chi connectivity index (χ2v) is 6.50. The predicted octanol–water partition coefficient (Wildman–Crippen LogP) is 2.34. The number of nitrogens with zero attached hydrogens (tertiary/aromatic N) is 1. The lowest BCUT2D eigenvalue weighted by atomic mass is 10.1. The van der Waals surface area contributed by atoms with Crippen LogP contribution in [-0.4, -0.2) is 47.2 Å². The summed E-state index contributed by atoms with van der Waals surface area (Å²) in [4.78, 5) is 13.8. The quantitative estimate of drug-likeness (QED) is 0.711. The van der Waals surface area contributed by atoms with Crippen molar-refractivity contribution in [1.82, 2.24) is 10.2 Å². The van der Waals surface area contributed by atoms with Gasteiger partial charge >= 0.3 is 5.97 Å². The van der Waals surface area contributed by atoms with Gasteiger partial charge in [0.1, 0.15) is 6.04 Å². The molecule has 112 valence electrons. The summed E-state index contributed by atoms with van der Waals surface area (Å²) >= 11 is 0. The van der Waals surface area contributed by atoms with Crippen LogP contribution in [0.25, 0.3) is 0 Å². The molecule has 0 aromatic carbocycles. The molecule has 0 heterocycles. The second kappa shape index (κ2) is 7.85. The molecule has 2 N–H and O–H groups in total. The van der Waals surface area contributed by atoms with E-state index in [-0.39, 0.29) is 6.04 Å². The fourth-order valence-electron chi connectivity index (χ4n) is 2.95. The zero-order valence-electron chi connectivity index (χ0n) is 12.9. The van der Waals surface area contributed by atoms with Crippen molar-refractivity contribution in [3.05, 3.63) is 0 Å². The molecule has 1 unspecified atom stereocenters. The Balaban J connectivity index is 2.64. The zero-order valence-corrected chi connectivity index (χ0v) is 12.9. The van der Waals surface area contributed by atoms with Gasteiger partial charge in [0.2, 0.25) is 0 Å². The summed E-state index contributed by atoms with van der Waals surface area (Å²) in [6.07, 6.45) is 5.02. The first kappa shape index (κ1) is 16.4. The minimum Gasteiger partial charge on any atom is -0.480 e. The molecule has 1 aliphatic carbocycles. The lowest BCUT2D eigenvalue weighted by molar-refractivity contribution is -0.140. The average Bonchev–Trinajstić information content (AvgIpc) is 2.78. The van der Waals surface area contributed by atoms with E-state index < -0.39 is 12.0 Å². The van der Waals surface area contributed by atoms with Crippen molar-refractivity contribution in [2.24, 2.45) is 5.92 Å². The van der Waals surface area contributed by atoms with Gasteiger partial charge in [-0.3, -0.25) is 9.69 Å². The number of hydrogen-bond donors (Lipinski definition) is 2. The smallest absolute Gasteiger partial charge is 0.322 e. The van der Waals surface area contributed by atoms with Crippen molar-refractivity contribution in [3.63, 3.8) is 0 Å². The Morgan fingerprint density at radius 1 is 1.21 bits per heavy atom. The van der Waals surface area contributed by atoms with Crippen molar-refractivity contribution in [2.75, 3.05) is 13.1 Å². The van der Waals surface area contributed by atoms with E-state index in [2.05, 4.69) is 24.1 Å². The fraction of sp³-hybridized carbons (Fsp3) is 0.933. The highest BCUT2D eigenvalue weighted by Crippen LogP contribution is 2.24. The van der Waals surface area contributed by atoms with Crippen LogP contribution in [0.4, 0.5) is 0 Å². The van der Waals surface area contributed by atoms with Gasteiger partial charge in [-0.15, -0.1) is 0 Å². The van der Waals surface area contributed by atoms with Gasteiger partial charge in [-0.05, 0) is 18.8 Å². The van der Waals surface area contributed by atoms with Gasteiger partial charge in [-0.25, -0.2) is 0 Å². The van der Waals surface area contributed by atoms with E-state index in [4.69, 9.17) is 0 Å². The van der Waals surface area contributed by atoms with Crippen molar-refractivity contribution < 1.29 is 9.90 Å². The summed E-state index contributed by atoms with van der Waals surface area (Å²) in [5.41, 5.74) is 0. The molecule has 1 atom stereocenters. The molecular formula is C15H30N2O2. The summed E-state index contributed by atoms with van der Waals surface area (Å²) in [5.74, 6) is -0.158. The zero-order chi connectivity index (χ0) is 14.4. The SMILES string of the molecule is CC(C)CN(CC(NC(C)C)C(=O)O)C1CCCC1. The molecule has 0 aromatic rings. The van der Waals surface area contributed by atoms with Crippen LogP contribution in [0.2, 0.25) is 0 Å². The number of carboxylic acids is 1. The van der Waals surface area contributed by atoms with Crippen LogP contribution >= 0.6 is 0 Å². The lowest BCUT2D eigenvalue weighted by Gasteiger charge is -2.33. The van der Waals surface area contributed by atoms with Crippen LogP contribution in [0.3, 0.4) is 0 Å². The second-order valence-electron chi connectivity index (χ2n) is 6.50. The Morgan fingerprint density at radius 2 is 1.79 bits per heavy atom. The minimum absolute atomic E-state index is 0.200. The number of hydrogen-bond acceptors (Lipinski definition) is 3. The molecular weight excluding hydrogens is 240 g/mol. The molecule has 0 bridgehead atoms. The monoisotopic (exact) mass is 270 g/mol. The maximum atomic E-state index is 11.4.